The fraction of sp³-hybridized carbons (Fsp3) is 0.444. The van der Waals surface area contributed by atoms with E-state index in [1.807, 2.05) is 37.3 Å². The van der Waals surface area contributed by atoms with Crippen molar-refractivity contribution in [2.24, 2.45) is 5.92 Å². The number of aryl methyl sites for hydroxylation is 1. The maximum absolute atomic E-state index is 12.7. The molecule has 0 aliphatic carbocycles. The van der Waals surface area contributed by atoms with Gasteiger partial charge in [0.1, 0.15) is 9.88 Å². The van der Waals surface area contributed by atoms with E-state index in [9.17, 15) is 4.79 Å². The first-order chi connectivity index (χ1) is 11.2. The standard InChI is InChI=1S/C18H21N3OS/c1-12-16(23-18(19-12)14-5-3-2-4-6-14)17(22)20-15-11-21-9-7-13(15)8-10-21/h2-6,13,15H,7-11H2,1H3,(H,20,22)/t15-/m0/s1. The van der Waals surface area contributed by atoms with Crippen LogP contribution in [0.1, 0.15) is 28.2 Å². The van der Waals surface area contributed by atoms with Crippen molar-refractivity contribution in [1.82, 2.24) is 15.2 Å². The molecule has 1 atom stereocenters. The zero-order valence-corrected chi connectivity index (χ0v) is 14.1. The summed E-state index contributed by atoms with van der Waals surface area (Å²) in [4.78, 5) is 20.5. The van der Waals surface area contributed by atoms with E-state index in [-0.39, 0.29) is 5.91 Å². The summed E-state index contributed by atoms with van der Waals surface area (Å²) in [5.74, 6) is 0.687. The summed E-state index contributed by atoms with van der Waals surface area (Å²) in [5.41, 5.74) is 1.90. The third-order valence-electron chi connectivity index (χ3n) is 5.00. The number of carbonyl (C=O) groups excluding carboxylic acids is 1. The van der Waals surface area contributed by atoms with Crippen LogP contribution in [0, 0.1) is 12.8 Å². The topological polar surface area (TPSA) is 45.2 Å². The molecule has 5 rings (SSSR count). The van der Waals surface area contributed by atoms with Crippen LogP contribution in [0.2, 0.25) is 0 Å². The largest absolute Gasteiger partial charge is 0.347 e. The summed E-state index contributed by atoms with van der Waals surface area (Å²) < 4.78 is 0. The van der Waals surface area contributed by atoms with Crippen LogP contribution in [0.3, 0.4) is 0 Å². The molecule has 0 saturated carbocycles. The lowest BCUT2D eigenvalue weighted by atomic mass is 9.84. The van der Waals surface area contributed by atoms with Gasteiger partial charge in [0.2, 0.25) is 0 Å². The SMILES string of the molecule is Cc1nc(-c2ccccc2)sc1C(=O)N[C@H]1CN2CCC1CC2. The van der Waals surface area contributed by atoms with Gasteiger partial charge in [0.25, 0.3) is 5.91 Å². The average Bonchev–Trinajstić information content (AvgIpc) is 2.99. The van der Waals surface area contributed by atoms with Gasteiger partial charge in [-0.05, 0) is 38.8 Å². The summed E-state index contributed by atoms with van der Waals surface area (Å²) in [7, 11) is 0. The third kappa shape index (κ3) is 2.91. The average molecular weight is 327 g/mol. The summed E-state index contributed by atoms with van der Waals surface area (Å²) in [6.45, 7) is 5.30. The van der Waals surface area contributed by atoms with Crippen LogP contribution < -0.4 is 5.32 Å². The highest BCUT2D eigenvalue weighted by Gasteiger charge is 2.35. The highest BCUT2D eigenvalue weighted by molar-refractivity contribution is 7.17. The molecule has 2 aromatic rings. The Labute approximate surface area is 140 Å². The van der Waals surface area contributed by atoms with E-state index in [0.29, 0.717) is 12.0 Å². The monoisotopic (exact) mass is 327 g/mol. The molecule has 120 valence electrons. The van der Waals surface area contributed by atoms with Crippen molar-refractivity contribution in [2.75, 3.05) is 19.6 Å². The van der Waals surface area contributed by atoms with Crippen molar-refractivity contribution in [3.8, 4) is 10.6 Å². The Hall–Kier alpha value is -1.72. The summed E-state index contributed by atoms with van der Waals surface area (Å²) in [5, 5.41) is 4.18. The third-order valence-corrected chi connectivity index (χ3v) is 6.20. The number of hydrogen-bond donors (Lipinski definition) is 1. The Morgan fingerprint density at radius 3 is 2.65 bits per heavy atom. The molecule has 3 saturated heterocycles. The van der Waals surface area contributed by atoms with Crippen molar-refractivity contribution in [3.63, 3.8) is 0 Å². The lowest BCUT2D eigenvalue weighted by molar-refractivity contribution is 0.0622. The maximum Gasteiger partial charge on any atom is 0.263 e. The number of benzene rings is 1. The van der Waals surface area contributed by atoms with Crippen LogP contribution in [-0.2, 0) is 0 Å². The second-order valence-corrected chi connectivity index (χ2v) is 7.52. The van der Waals surface area contributed by atoms with E-state index in [4.69, 9.17) is 0 Å². The summed E-state index contributed by atoms with van der Waals surface area (Å²) in [6, 6.07) is 10.4. The molecule has 1 aromatic carbocycles. The van der Waals surface area contributed by atoms with Gasteiger partial charge in [0.15, 0.2) is 0 Å². The summed E-state index contributed by atoms with van der Waals surface area (Å²) >= 11 is 1.49. The molecule has 4 nitrogen and oxygen atoms in total. The minimum Gasteiger partial charge on any atom is -0.347 e. The van der Waals surface area contributed by atoms with Crippen LogP contribution in [0.4, 0.5) is 0 Å². The van der Waals surface area contributed by atoms with E-state index >= 15 is 0 Å². The van der Waals surface area contributed by atoms with Gasteiger partial charge in [-0.15, -0.1) is 11.3 Å². The van der Waals surface area contributed by atoms with E-state index in [2.05, 4.69) is 15.2 Å². The second kappa shape index (κ2) is 6.06. The molecular formula is C18H21N3OS. The zero-order valence-electron chi connectivity index (χ0n) is 13.3. The van der Waals surface area contributed by atoms with Gasteiger partial charge in [0, 0.05) is 18.2 Å². The quantitative estimate of drug-likeness (QED) is 0.943. The van der Waals surface area contributed by atoms with Gasteiger partial charge in [-0.1, -0.05) is 30.3 Å². The fourth-order valence-corrected chi connectivity index (χ4v) is 4.65. The van der Waals surface area contributed by atoms with E-state index in [1.54, 1.807) is 0 Å². The van der Waals surface area contributed by atoms with Crippen molar-refractivity contribution in [2.45, 2.75) is 25.8 Å². The first kappa shape index (κ1) is 14.8. The van der Waals surface area contributed by atoms with Gasteiger partial charge in [-0.2, -0.15) is 0 Å². The number of fused-ring (bicyclic) bond motifs is 3. The molecule has 3 aliphatic rings. The lowest BCUT2D eigenvalue weighted by Crippen LogP contribution is -2.57. The minimum absolute atomic E-state index is 0.0425. The Morgan fingerprint density at radius 1 is 1.26 bits per heavy atom. The maximum atomic E-state index is 12.7. The Kier molecular flexibility index (Phi) is 3.91. The smallest absolute Gasteiger partial charge is 0.263 e. The predicted octanol–water partition coefficient (Wildman–Crippen LogP) is 2.94. The Balaban J connectivity index is 1.52. The molecule has 2 bridgehead atoms. The number of aromatic nitrogens is 1. The molecule has 23 heavy (non-hydrogen) atoms. The Bertz CT molecular complexity index is 704. The van der Waals surface area contributed by atoms with Crippen molar-refractivity contribution in [3.05, 3.63) is 40.9 Å². The molecule has 5 heteroatoms. The highest BCUT2D eigenvalue weighted by atomic mass is 32.1. The van der Waals surface area contributed by atoms with Gasteiger partial charge in [0.05, 0.1) is 5.69 Å². The number of thiazole rings is 1. The number of amides is 1. The van der Waals surface area contributed by atoms with Gasteiger partial charge in [-0.25, -0.2) is 4.98 Å². The van der Waals surface area contributed by atoms with E-state index < -0.39 is 0 Å². The van der Waals surface area contributed by atoms with Crippen LogP contribution in [-0.4, -0.2) is 41.5 Å². The molecular weight excluding hydrogens is 306 g/mol. The number of nitrogens with one attached hydrogen (secondary N) is 1. The first-order valence-corrected chi connectivity index (χ1v) is 9.08. The Morgan fingerprint density at radius 2 is 2.00 bits per heavy atom. The van der Waals surface area contributed by atoms with Crippen LogP contribution in [0.25, 0.3) is 10.6 Å². The molecule has 0 unspecified atom stereocenters. The number of carbonyl (C=O) groups is 1. The fourth-order valence-electron chi connectivity index (χ4n) is 3.67. The van der Waals surface area contributed by atoms with E-state index in [0.717, 1.165) is 27.7 Å². The van der Waals surface area contributed by atoms with Gasteiger partial charge in [-0.3, -0.25) is 4.79 Å². The number of piperidine rings is 3. The van der Waals surface area contributed by atoms with Crippen LogP contribution in [0.5, 0.6) is 0 Å². The summed E-state index contributed by atoms with van der Waals surface area (Å²) in [6.07, 6.45) is 2.42. The number of rotatable bonds is 3. The molecule has 0 radical (unpaired) electrons. The molecule has 3 aliphatic heterocycles. The molecule has 3 fully saturated rings. The molecule has 1 N–H and O–H groups in total. The lowest BCUT2D eigenvalue weighted by Gasteiger charge is -2.44. The van der Waals surface area contributed by atoms with Crippen LogP contribution in [0.15, 0.2) is 30.3 Å². The molecule has 1 aromatic heterocycles. The zero-order chi connectivity index (χ0) is 15.8. The normalized spacial score (nSPS) is 26.2. The van der Waals surface area contributed by atoms with Gasteiger partial charge < -0.3 is 10.2 Å². The first-order valence-electron chi connectivity index (χ1n) is 8.27. The van der Waals surface area contributed by atoms with Crippen LogP contribution >= 0.6 is 11.3 Å². The van der Waals surface area contributed by atoms with Crippen molar-refractivity contribution in [1.29, 1.82) is 0 Å². The highest BCUT2D eigenvalue weighted by Crippen LogP contribution is 2.30. The molecule has 0 spiro atoms. The molecule has 4 heterocycles. The van der Waals surface area contributed by atoms with Crippen molar-refractivity contribution < 1.29 is 4.79 Å². The minimum atomic E-state index is 0.0425. The second-order valence-electron chi connectivity index (χ2n) is 6.52. The van der Waals surface area contributed by atoms with E-state index in [1.165, 1.54) is 37.3 Å². The van der Waals surface area contributed by atoms with Gasteiger partial charge >= 0.3 is 0 Å². The predicted molar refractivity (Wildman–Crippen MR) is 92.7 cm³/mol. The van der Waals surface area contributed by atoms with Crippen molar-refractivity contribution >= 4 is 17.2 Å². The number of hydrogen-bond acceptors (Lipinski definition) is 4. The molecule has 1 amide bonds. The number of nitrogens with zero attached hydrogens (tertiary/aromatic N) is 2.